The van der Waals surface area contributed by atoms with E-state index in [2.05, 4.69) is 238 Å². The summed E-state index contributed by atoms with van der Waals surface area (Å²) >= 11 is 3.59. The van der Waals surface area contributed by atoms with Crippen molar-refractivity contribution in [2.75, 3.05) is 0 Å². The molecule has 0 saturated heterocycles. The first-order chi connectivity index (χ1) is 30.1. The lowest BCUT2D eigenvalue weighted by Gasteiger charge is -2.10. The van der Waals surface area contributed by atoms with Gasteiger partial charge >= 0.3 is 0 Å². The number of hydrogen-bond donors (Lipinski definition) is 2. The van der Waals surface area contributed by atoms with Gasteiger partial charge in [0.25, 0.3) is 0 Å². The van der Waals surface area contributed by atoms with Crippen LogP contribution in [0.15, 0.2) is 199 Å². The van der Waals surface area contributed by atoms with Crippen molar-refractivity contribution in [2.24, 2.45) is 0 Å². The average molecular weight is 846 g/mol. The first-order valence-electron chi connectivity index (χ1n) is 20.4. The molecule has 0 unspecified atom stereocenters. The second-order valence-corrected chi connectivity index (χ2v) is 16.2. The normalized spacial score (nSPS) is 12.0. The largest absolute Gasteiger partial charge is 0.354 e. The zero-order valence-corrected chi connectivity index (χ0v) is 34.6. The van der Waals surface area contributed by atoms with Gasteiger partial charge in [-0.3, -0.25) is 0 Å². The molecule has 11 rings (SSSR count). The van der Waals surface area contributed by atoms with Crippen molar-refractivity contribution in [2.45, 2.75) is 0 Å². The molecule has 2 aliphatic heterocycles. The van der Waals surface area contributed by atoms with Crippen molar-refractivity contribution in [3.8, 4) is 55.6 Å². The topological polar surface area (TPSA) is 57.4 Å². The van der Waals surface area contributed by atoms with Crippen LogP contribution < -0.4 is 0 Å². The Morgan fingerprint density at radius 1 is 0.311 bits per heavy atom. The van der Waals surface area contributed by atoms with Crippen LogP contribution in [0.5, 0.6) is 0 Å². The van der Waals surface area contributed by atoms with Crippen LogP contribution in [0.2, 0.25) is 0 Å². The van der Waals surface area contributed by atoms with Gasteiger partial charge in [-0.2, -0.15) is 0 Å². The second-order valence-electron chi connectivity index (χ2n) is 15.2. The summed E-state index contributed by atoms with van der Waals surface area (Å²) in [5.41, 5.74) is 20.2. The molecule has 6 aromatic carbocycles. The highest BCUT2D eigenvalue weighted by Gasteiger charge is 2.23. The predicted octanol–water partition coefficient (Wildman–Crippen LogP) is 15.2. The first kappa shape index (κ1) is 36.5. The lowest BCUT2D eigenvalue weighted by Crippen LogP contribution is -1.92. The zero-order chi connectivity index (χ0) is 40.7. The van der Waals surface area contributed by atoms with Gasteiger partial charge in [0.15, 0.2) is 0 Å². The average Bonchev–Trinajstić information content (AvgIpc) is 4.16. The summed E-state index contributed by atoms with van der Waals surface area (Å²) < 4.78 is 1.06. The van der Waals surface area contributed by atoms with Crippen molar-refractivity contribution in [1.29, 1.82) is 0 Å². The van der Waals surface area contributed by atoms with Crippen molar-refractivity contribution in [3.63, 3.8) is 0 Å². The molecule has 5 heterocycles. The highest BCUT2D eigenvalue weighted by Crippen LogP contribution is 2.42. The molecule has 0 amide bonds. The van der Waals surface area contributed by atoms with Gasteiger partial charge in [-0.15, -0.1) is 0 Å². The van der Waals surface area contributed by atoms with Gasteiger partial charge in [0.1, 0.15) is 0 Å². The van der Waals surface area contributed by atoms with E-state index in [0.29, 0.717) is 0 Å². The lowest BCUT2D eigenvalue weighted by molar-refractivity contribution is 1.30. The Balaban J connectivity index is 1.29. The van der Waals surface area contributed by atoms with Crippen molar-refractivity contribution < 1.29 is 0 Å². The SMILES string of the molecule is Brc1ccc(-c2ccc(C3=Cc4nc3c(-c3ccccc3)c3ccc([nH]3)c(-c3ccccc3)c3nc(c(-c5ccccc5)c5ccc([nH]5)c4-c4ccccc4)C=C3)cc2)cc1. The van der Waals surface area contributed by atoms with Gasteiger partial charge in [0.2, 0.25) is 0 Å². The number of halogens is 1. The van der Waals surface area contributed by atoms with E-state index in [1.165, 1.54) is 0 Å². The summed E-state index contributed by atoms with van der Waals surface area (Å²) in [6.45, 7) is 0. The number of nitrogens with one attached hydrogen (secondary N) is 2. The Kier molecular flexibility index (Phi) is 9.29. The van der Waals surface area contributed by atoms with Gasteiger partial charge in [0, 0.05) is 54.4 Å². The third-order valence-electron chi connectivity index (χ3n) is 11.5. The van der Waals surface area contributed by atoms with E-state index in [4.69, 9.17) is 9.97 Å². The third-order valence-corrected chi connectivity index (χ3v) is 12.0. The van der Waals surface area contributed by atoms with E-state index >= 15 is 0 Å². The van der Waals surface area contributed by atoms with E-state index < -0.39 is 0 Å². The standard InChI is InChI=1S/C56H37BrN4/c57-43-27-25-37(26-28-43)36-21-23-38(24-22-36)44-35-51-54(41-17-9-3-10-18-41)49-32-31-47(59-49)52(39-13-5-1-6-14-39)45-29-30-46(58-45)53(40-15-7-2-8-16-40)48-33-34-50(60-48)55(56(44)61-51)42-19-11-4-12-20-42/h1-35,59-60H. The molecule has 0 fully saturated rings. The number of aromatic nitrogens is 4. The molecule has 4 nitrogen and oxygen atoms in total. The molecule has 2 aliphatic rings. The van der Waals surface area contributed by atoms with E-state index in [1.54, 1.807) is 0 Å². The molecule has 0 spiro atoms. The maximum absolute atomic E-state index is 5.71. The Morgan fingerprint density at radius 3 is 1.11 bits per heavy atom. The Morgan fingerprint density at radius 2 is 0.672 bits per heavy atom. The molecule has 0 atom stereocenters. The van der Waals surface area contributed by atoms with Crippen molar-refractivity contribution in [3.05, 3.63) is 227 Å². The highest BCUT2D eigenvalue weighted by atomic mass is 79.9. The van der Waals surface area contributed by atoms with Crippen LogP contribution in [0, 0.1) is 0 Å². The van der Waals surface area contributed by atoms with Crippen LogP contribution in [-0.2, 0) is 0 Å². The molecule has 9 aromatic rings. The van der Waals surface area contributed by atoms with Gasteiger partial charge in [-0.05, 0) is 93.6 Å². The maximum atomic E-state index is 5.71. The van der Waals surface area contributed by atoms with Crippen molar-refractivity contribution >= 4 is 61.8 Å². The van der Waals surface area contributed by atoms with Crippen LogP contribution in [0.3, 0.4) is 0 Å². The molecule has 0 aliphatic carbocycles. The number of rotatable bonds is 6. The third kappa shape index (κ3) is 6.85. The number of nitrogens with zero attached hydrogens (tertiary/aromatic N) is 2. The molecule has 3 aromatic heterocycles. The summed E-state index contributed by atoms with van der Waals surface area (Å²) in [5.74, 6) is 0. The van der Waals surface area contributed by atoms with E-state index in [1.807, 2.05) is 0 Å². The van der Waals surface area contributed by atoms with Crippen LogP contribution >= 0.6 is 15.9 Å². The molecule has 61 heavy (non-hydrogen) atoms. The zero-order valence-electron chi connectivity index (χ0n) is 33.0. The Hall–Kier alpha value is -7.60. The fourth-order valence-electron chi connectivity index (χ4n) is 8.62. The van der Waals surface area contributed by atoms with Gasteiger partial charge < -0.3 is 9.97 Å². The minimum atomic E-state index is 0.875. The maximum Gasteiger partial charge on any atom is 0.0815 e. The predicted molar refractivity (Wildman–Crippen MR) is 258 cm³/mol. The van der Waals surface area contributed by atoms with Crippen LogP contribution in [0.1, 0.15) is 28.3 Å². The number of aromatic amines is 2. The van der Waals surface area contributed by atoms with Crippen LogP contribution in [-0.4, -0.2) is 19.9 Å². The summed E-state index contributed by atoms with van der Waals surface area (Å²) in [6, 6.07) is 68.4. The van der Waals surface area contributed by atoms with Gasteiger partial charge in [0.05, 0.1) is 22.8 Å². The van der Waals surface area contributed by atoms with Crippen LogP contribution in [0.4, 0.5) is 0 Å². The highest BCUT2D eigenvalue weighted by molar-refractivity contribution is 9.10. The van der Waals surface area contributed by atoms with Gasteiger partial charge in [-0.1, -0.05) is 174 Å². The number of H-pyrrole nitrogens is 2. The van der Waals surface area contributed by atoms with E-state index in [0.717, 1.165) is 116 Å². The van der Waals surface area contributed by atoms with Gasteiger partial charge in [-0.25, -0.2) is 9.97 Å². The van der Waals surface area contributed by atoms with Crippen LogP contribution in [0.25, 0.3) is 102 Å². The summed E-state index contributed by atoms with van der Waals surface area (Å²) in [5, 5.41) is 0. The molecule has 8 bridgehead atoms. The molecule has 0 saturated carbocycles. The smallest absolute Gasteiger partial charge is 0.0815 e. The number of benzene rings is 6. The monoisotopic (exact) mass is 844 g/mol. The number of hydrogen-bond acceptors (Lipinski definition) is 2. The summed E-state index contributed by atoms with van der Waals surface area (Å²) in [4.78, 5) is 18.9. The molecule has 2 N–H and O–H groups in total. The van der Waals surface area contributed by atoms with E-state index in [9.17, 15) is 0 Å². The van der Waals surface area contributed by atoms with Crippen molar-refractivity contribution in [1.82, 2.24) is 19.9 Å². The quantitative estimate of drug-likeness (QED) is 0.175. The fraction of sp³-hybridized carbons (Fsp3) is 0. The summed E-state index contributed by atoms with van der Waals surface area (Å²) in [7, 11) is 0. The minimum Gasteiger partial charge on any atom is -0.354 e. The summed E-state index contributed by atoms with van der Waals surface area (Å²) in [6.07, 6.45) is 6.56. The minimum absolute atomic E-state index is 0.875. The molecular weight excluding hydrogens is 809 g/mol. The lowest BCUT2D eigenvalue weighted by atomic mass is 9.94. The molecule has 5 heteroatoms. The Bertz CT molecular complexity index is 3310. The first-order valence-corrected chi connectivity index (χ1v) is 21.2. The fourth-order valence-corrected chi connectivity index (χ4v) is 8.88. The number of fused-ring (bicyclic) bond motifs is 8. The Labute approximate surface area is 362 Å². The second kappa shape index (κ2) is 15.5. The molecular formula is C56H37BrN4. The molecule has 0 radical (unpaired) electrons. The van der Waals surface area contributed by atoms with E-state index in [-0.39, 0.29) is 0 Å². The molecule has 288 valence electrons.